The number of rotatable bonds is 5. The van der Waals surface area contributed by atoms with E-state index in [1.807, 2.05) is 14.0 Å². The number of methoxy groups -OCH3 is 1. The minimum atomic E-state index is -0.149. The number of hydrogen-bond acceptors (Lipinski definition) is 2. The average Bonchev–Trinajstić information content (AvgIpc) is 3.15. The third-order valence-electron chi connectivity index (χ3n) is 7.49. The van der Waals surface area contributed by atoms with Crippen molar-refractivity contribution in [2.75, 3.05) is 13.7 Å². The number of hydrogen-bond donors (Lipinski definition) is 1. The van der Waals surface area contributed by atoms with Crippen LogP contribution in [0.5, 0.6) is 0 Å². The van der Waals surface area contributed by atoms with E-state index in [2.05, 4.69) is 20.8 Å². The van der Waals surface area contributed by atoms with Gasteiger partial charge >= 0.3 is 0 Å². The standard InChI is InChI=1S/C17H30O2/c1-11(18)16(4)8-13(16)6-12-7-14-9-17(14,10-19-5)15(12,2)3/h11-14,18H,6-10H2,1-5H3. The van der Waals surface area contributed by atoms with Gasteiger partial charge in [0.1, 0.15) is 0 Å². The molecule has 0 spiro atoms. The second-order valence-electron chi connectivity index (χ2n) is 8.46. The van der Waals surface area contributed by atoms with Gasteiger partial charge in [0.05, 0.1) is 12.7 Å². The topological polar surface area (TPSA) is 29.5 Å². The monoisotopic (exact) mass is 266 g/mol. The Hall–Kier alpha value is -0.0800. The fraction of sp³-hybridized carbons (Fsp3) is 1.00. The molecule has 6 unspecified atom stereocenters. The summed E-state index contributed by atoms with van der Waals surface area (Å²) in [5.74, 6) is 2.48. The Morgan fingerprint density at radius 1 is 1.21 bits per heavy atom. The fourth-order valence-electron chi connectivity index (χ4n) is 5.21. The SMILES string of the molecule is COCC12CC1CC(CC1CC1(C)C(C)O)C2(C)C. The van der Waals surface area contributed by atoms with E-state index in [0.717, 1.165) is 24.4 Å². The van der Waals surface area contributed by atoms with Crippen LogP contribution in [-0.2, 0) is 4.74 Å². The molecule has 2 nitrogen and oxygen atoms in total. The van der Waals surface area contributed by atoms with Gasteiger partial charge in [-0.05, 0) is 61.2 Å². The molecule has 0 aromatic carbocycles. The molecular weight excluding hydrogens is 236 g/mol. The highest BCUT2D eigenvalue weighted by atomic mass is 16.5. The molecule has 0 amide bonds. The smallest absolute Gasteiger partial charge is 0.0568 e. The molecule has 3 rings (SSSR count). The van der Waals surface area contributed by atoms with Crippen LogP contribution in [0.1, 0.15) is 53.4 Å². The predicted molar refractivity (Wildman–Crippen MR) is 76.8 cm³/mol. The number of fused-ring (bicyclic) bond motifs is 1. The van der Waals surface area contributed by atoms with Crippen molar-refractivity contribution in [3.8, 4) is 0 Å². The Bertz CT molecular complexity index is 375. The van der Waals surface area contributed by atoms with Crippen LogP contribution in [0.4, 0.5) is 0 Å². The Morgan fingerprint density at radius 2 is 1.89 bits per heavy atom. The van der Waals surface area contributed by atoms with Crippen molar-refractivity contribution in [3.05, 3.63) is 0 Å². The van der Waals surface area contributed by atoms with Crippen molar-refractivity contribution in [3.63, 3.8) is 0 Å². The highest BCUT2D eigenvalue weighted by molar-refractivity contribution is 5.19. The van der Waals surface area contributed by atoms with Crippen molar-refractivity contribution < 1.29 is 9.84 Å². The molecule has 0 heterocycles. The Balaban J connectivity index is 1.66. The maximum atomic E-state index is 9.90. The first kappa shape index (κ1) is 13.9. The lowest BCUT2D eigenvalue weighted by Crippen LogP contribution is -2.33. The third-order valence-corrected chi connectivity index (χ3v) is 7.49. The van der Waals surface area contributed by atoms with Crippen LogP contribution in [0.3, 0.4) is 0 Å². The second kappa shape index (κ2) is 3.98. The largest absolute Gasteiger partial charge is 0.393 e. The van der Waals surface area contributed by atoms with Crippen LogP contribution in [0.25, 0.3) is 0 Å². The first-order chi connectivity index (χ1) is 8.78. The molecule has 1 N–H and O–H groups in total. The predicted octanol–water partition coefficient (Wildman–Crippen LogP) is 3.48. The highest BCUT2D eigenvalue weighted by Crippen LogP contribution is 2.76. The quantitative estimate of drug-likeness (QED) is 0.825. The van der Waals surface area contributed by atoms with E-state index in [1.54, 1.807) is 0 Å². The third kappa shape index (κ3) is 1.75. The van der Waals surface area contributed by atoms with Crippen LogP contribution < -0.4 is 0 Å². The summed E-state index contributed by atoms with van der Waals surface area (Å²) in [6.45, 7) is 10.1. The summed E-state index contributed by atoms with van der Waals surface area (Å²) in [6, 6.07) is 0. The van der Waals surface area contributed by atoms with Gasteiger partial charge in [-0.3, -0.25) is 0 Å². The van der Waals surface area contributed by atoms with E-state index in [4.69, 9.17) is 4.74 Å². The minimum Gasteiger partial charge on any atom is -0.393 e. The molecule has 0 aromatic rings. The van der Waals surface area contributed by atoms with Crippen LogP contribution in [0.2, 0.25) is 0 Å². The van der Waals surface area contributed by atoms with Crippen molar-refractivity contribution in [1.29, 1.82) is 0 Å². The molecule has 6 atom stereocenters. The van der Waals surface area contributed by atoms with Crippen LogP contribution >= 0.6 is 0 Å². The zero-order valence-corrected chi connectivity index (χ0v) is 13.2. The molecule has 0 bridgehead atoms. The summed E-state index contributed by atoms with van der Waals surface area (Å²) in [5, 5.41) is 9.90. The van der Waals surface area contributed by atoms with Crippen LogP contribution in [0.15, 0.2) is 0 Å². The zero-order chi connectivity index (χ0) is 14.1. The summed E-state index contributed by atoms with van der Waals surface area (Å²) < 4.78 is 5.51. The van der Waals surface area contributed by atoms with Gasteiger partial charge in [0.25, 0.3) is 0 Å². The molecule has 2 heteroatoms. The van der Waals surface area contributed by atoms with Gasteiger partial charge in [-0.15, -0.1) is 0 Å². The van der Waals surface area contributed by atoms with E-state index >= 15 is 0 Å². The summed E-state index contributed by atoms with van der Waals surface area (Å²) >= 11 is 0. The van der Waals surface area contributed by atoms with Crippen LogP contribution in [0, 0.1) is 34.0 Å². The van der Waals surface area contributed by atoms with Gasteiger partial charge in [-0.2, -0.15) is 0 Å². The number of aliphatic hydroxyl groups is 1. The van der Waals surface area contributed by atoms with Crippen molar-refractivity contribution in [1.82, 2.24) is 0 Å². The molecule has 3 fully saturated rings. The van der Waals surface area contributed by atoms with Gasteiger partial charge < -0.3 is 9.84 Å². The van der Waals surface area contributed by atoms with Gasteiger partial charge in [-0.25, -0.2) is 0 Å². The maximum Gasteiger partial charge on any atom is 0.0568 e. The van der Waals surface area contributed by atoms with E-state index in [1.165, 1.54) is 25.7 Å². The molecule has 3 aliphatic carbocycles. The Morgan fingerprint density at radius 3 is 2.42 bits per heavy atom. The Labute approximate surface area is 117 Å². The summed E-state index contributed by atoms with van der Waals surface area (Å²) in [5.41, 5.74) is 1.09. The molecule has 3 saturated carbocycles. The number of aliphatic hydroxyl groups excluding tert-OH is 1. The maximum absolute atomic E-state index is 9.90. The highest BCUT2D eigenvalue weighted by Gasteiger charge is 2.70. The molecule has 19 heavy (non-hydrogen) atoms. The molecule has 0 saturated heterocycles. The summed E-state index contributed by atoms with van der Waals surface area (Å²) in [4.78, 5) is 0. The molecule has 3 aliphatic rings. The molecule has 0 aromatic heterocycles. The first-order valence-electron chi connectivity index (χ1n) is 7.95. The molecule has 110 valence electrons. The summed E-state index contributed by atoms with van der Waals surface area (Å²) in [7, 11) is 1.85. The molecule has 0 aliphatic heterocycles. The first-order valence-corrected chi connectivity index (χ1v) is 7.95. The molecular formula is C17H30O2. The van der Waals surface area contributed by atoms with Crippen molar-refractivity contribution in [2.24, 2.45) is 34.0 Å². The lowest BCUT2D eigenvalue weighted by molar-refractivity contribution is 0.0379. The van der Waals surface area contributed by atoms with E-state index in [0.29, 0.717) is 10.8 Å². The minimum absolute atomic E-state index is 0.149. The van der Waals surface area contributed by atoms with Gasteiger partial charge in [0, 0.05) is 12.5 Å². The van der Waals surface area contributed by atoms with Gasteiger partial charge in [0.15, 0.2) is 0 Å². The fourth-order valence-corrected chi connectivity index (χ4v) is 5.21. The summed E-state index contributed by atoms with van der Waals surface area (Å²) in [6.07, 6.45) is 5.16. The van der Waals surface area contributed by atoms with Gasteiger partial charge in [0.2, 0.25) is 0 Å². The van der Waals surface area contributed by atoms with E-state index in [-0.39, 0.29) is 11.5 Å². The van der Waals surface area contributed by atoms with Crippen LogP contribution in [-0.4, -0.2) is 24.9 Å². The lowest BCUT2D eigenvalue weighted by atomic mass is 9.68. The van der Waals surface area contributed by atoms with Crippen molar-refractivity contribution >= 4 is 0 Å². The lowest BCUT2D eigenvalue weighted by Gasteiger charge is -2.37. The normalized spacial score (nSPS) is 51.8. The van der Waals surface area contributed by atoms with Gasteiger partial charge in [-0.1, -0.05) is 20.8 Å². The van der Waals surface area contributed by atoms with E-state index < -0.39 is 0 Å². The van der Waals surface area contributed by atoms with E-state index in [9.17, 15) is 5.11 Å². The zero-order valence-electron chi connectivity index (χ0n) is 13.2. The Kier molecular flexibility index (Phi) is 2.91. The number of ether oxygens (including phenoxy) is 1. The molecule has 0 radical (unpaired) electrons. The average molecular weight is 266 g/mol. The van der Waals surface area contributed by atoms with Crippen molar-refractivity contribution in [2.45, 2.75) is 59.5 Å². The second-order valence-corrected chi connectivity index (χ2v) is 8.46.